The maximum absolute atomic E-state index is 11.5. The van der Waals surface area contributed by atoms with Gasteiger partial charge in [0, 0.05) is 12.0 Å². The lowest BCUT2D eigenvalue weighted by Crippen LogP contribution is -2.00. The van der Waals surface area contributed by atoms with Gasteiger partial charge >= 0.3 is 0 Å². The van der Waals surface area contributed by atoms with E-state index in [0.717, 1.165) is 11.1 Å². The Bertz CT molecular complexity index is 313. The largest absolute Gasteiger partial charge is 0.294 e. The molecule has 0 heterocycles. The van der Waals surface area contributed by atoms with Gasteiger partial charge in [-0.1, -0.05) is 43.8 Å². The van der Waals surface area contributed by atoms with Gasteiger partial charge in [-0.15, -0.1) is 0 Å². The summed E-state index contributed by atoms with van der Waals surface area (Å²) in [5.41, 5.74) is 1.65. The Labute approximate surface area is 79.1 Å². The van der Waals surface area contributed by atoms with Crippen molar-refractivity contribution < 1.29 is 4.79 Å². The predicted octanol–water partition coefficient (Wildman–Crippen LogP) is 3.13. The van der Waals surface area contributed by atoms with Crippen LogP contribution in [0, 0.1) is 6.92 Å². The second kappa shape index (κ2) is 4.61. The van der Waals surface area contributed by atoms with Crippen LogP contribution >= 0.6 is 0 Å². The molecule has 0 aliphatic carbocycles. The molecule has 0 spiro atoms. The molecule has 0 unspecified atom stereocenters. The maximum Gasteiger partial charge on any atom is 0.163 e. The summed E-state index contributed by atoms with van der Waals surface area (Å²) < 4.78 is 0. The first-order chi connectivity index (χ1) is 6.29. The standard InChI is InChI=1S/C12H13O/c1-3-7-12(13)11-9-6-5-8-10(11)4-2/h4-6,8-9H,1-3,7H2. The number of carbonyl (C=O) groups excluding carboxylic acids is 1. The summed E-state index contributed by atoms with van der Waals surface area (Å²) in [4.78, 5) is 11.5. The second-order valence-corrected chi connectivity index (χ2v) is 2.82. The van der Waals surface area contributed by atoms with E-state index < -0.39 is 0 Å². The van der Waals surface area contributed by atoms with Gasteiger partial charge in [0.05, 0.1) is 0 Å². The lowest BCUT2D eigenvalue weighted by Gasteiger charge is -2.02. The molecule has 0 saturated heterocycles. The molecule has 0 saturated carbocycles. The molecule has 0 fully saturated rings. The third-order valence-electron chi connectivity index (χ3n) is 1.88. The lowest BCUT2D eigenvalue weighted by atomic mass is 10.0. The summed E-state index contributed by atoms with van der Waals surface area (Å²) in [5.74, 6) is 0.144. The molecule has 1 heteroatoms. The monoisotopic (exact) mass is 173 g/mol. The molecule has 1 rings (SSSR count). The van der Waals surface area contributed by atoms with Gasteiger partial charge in [0.15, 0.2) is 5.78 Å². The van der Waals surface area contributed by atoms with E-state index in [-0.39, 0.29) is 5.78 Å². The average molecular weight is 173 g/mol. The SMILES string of the molecule is [CH2]CCC(=O)c1ccccc1C=C. The quantitative estimate of drug-likeness (QED) is 0.639. The van der Waals surface area contributed by atoms with Crippen LogP contribution in [-0.2, 0) is 0 Å². The topological polar surface area (TPSA) is 17.1 Å². The molecule has 1 radical (unpaired) electrons. The van der Waals surface area contributed by atoms with E-state index in [2.05, 4.69) is 13.5 Å². The van der Waals surface area contributed by atoms with Gasteiger partial charge in [0.2, 0.25) is 0 Å². The minimum Gasteiger partial charge on any atom is -0.294 e. The van der Waals surface area contributed by atoms with E-state index in [1.54, 1.807) is 6.08 Å². The molecule has 1 aromatic carbocycles. The van der Waals surface area contributed by atoms with Crippen molar-refractivity contribution in [2.24, 2.45) is 0 Å². The van der Waals surface area contributed by atoms with Gasteiger partial charge in [-0.3, -0.25) is 4.79 Å². The summed E-state index contributed by atoms with van der Waals surface area (Å²) in [5, 5.41) is 0. The van der Waals surface area contributed by atoms with Crippen LogP contribution in [0.1, 0.15) is 28.8 Å². The van der Waals surface area contributed by atoms with E-state index in [1.807, 2.05) is 24.3 Å². The molecular weight excluding hydrogens is 160 g/mol. The number of rotatable bonds is 4. The van der Waals surface area contributed by atoms with Crippen molar-refractivity contribution in [3.63, 3.8) is 0 Å². The van der Waals surface area contributed by atoms with Crippen LogP contribution in [0.4, 0.5) is 0 Å². The van der Waals surface area contributed by atoms with Gasteiger partial charge < -0.3 is 0 Å². The Hall–Kier alpha value is -1.37. The Morgan fingerprint density at radius 2 is 2.08 bits per heavy atom. The molecule has 0 bridgehead atoms. The van der Waals surface area contributed by atoms with Crippen molar-refractivity contribution in [2.75, 3.05) is 0 Å². The number of hydrogen-bond donors (Lipinski definition) is 0. The van der Waals surface area contributed by atoms with E-state index in [1.165, 1.54) is 0 Å². The Balaban J connectivity index is 2.98. The third-order valence-corrected chi connectivity index (χ3v) is 1.88. The van der Waals surface area contributed by atoms with Gasteiger partial charge in [0.1, 0.15) is 0 Å². The Kier molecular flexibility index (Phi) is 3.44. The van der Waals surface area contributed by atoms with E-state index in [4.69, 9.17) is 0 Å². The zero-order chi connectivity index (χ0) is 9.68. The lowest BCUT2D eigenvalue weighted by molar-refractivity contribution is 0.0983. The zero-order valence-electron chi connectivity index (χ0n) is 7.62. The van der Waals surface area contributed by atoms with Crippen LogP contribution in [0.25, 0.3) is 6.08 Å². The average Bonchev–Trinajstić information content (AvgIpc) is 2.18. The second-order valence-electron chi connectivity index (χ2n) is 2.82. The molecule has 0 amide bonds. The summed E-state index contributed by atoms with van der Waals surface area (Å²) in [6.45, 7) is 7.33. The number of Topliss-reactive ketones (excluding diaryl/α,β-unsaturated/α-hetero) is 1. The highest BCUT2D eigenvalue weighted by molar-refractivity contribution is 5.99. The van der Waals surface area contributed by atoms with Gasteiger partial charge in [-0.05, 0) is 12.0 Å². The van der Waals surface area contributed by atoms with E-state index >= 15 is 0 Å². The van der Waals surface area contributed by atoms with Crippen LogP contribution in [0.3, 0.4) is 0 Å². The molecule has 0 aromatic heterocycles. The summed E-state index contributed by atoms with van der Waals surface area (Å²) >= 11 is 0. The number of ketones is 1. The maximum atomic E-state index is 11.5. The van der Waals surface area contributed by atoms with Crippen molar-refractivity contribution in [3.05, 3.63) is 48.9 Å². The summed E-state index contributed by atoms with van der Waals surface area (Å²) in [6.07, 6.45) is 2.85. The zero-order valence-corrected chi connectivity index (χ0v) is 7.62. The highest BCUT2D eigenvalue weighted by atomic mass is 16.1. The molecule has 0 aliphatic heterocycles. The Morgan fingerprint density at radius 3 is 2.69 bits per heavy atom. The van der Waals surface area contributed by atoms with Crippen molar-refractivity contribution in [1.82, 2.24) is 0 Å². The van der Waals surface area contributed by atoms with E-state index in [0.29, 0.717) is 12.8 Å². The fourth-order valence-electron chi connectivity index (χ4n) is 1.22. The predicted molar refractivity (Wildman–Crippen MR) is 55.5 cm³/mol. The third kappa shape index (κ3) is 2.28. The first-order valence-corrected chi connectivity index (χ1v) is 4.33. The van der Waals surface area contributed by atoms with Crippen molar-refractivity contribution in [2.45, 2.75) is 12.8 Å². The van der Waals surface area contributed by atoms with Gasteiger partial charge in [0.25, 0.3) is 0 Å². The molecule has 1 aromatic rings. The van der Waals surface area contributed by atoms with Crippen LogP contribution in [0.2, 0.25) is 0 Å². The number of carbonyl (C=O) groups is 1. The van der Waals surface area contributed by atoms with Crippen molar-refractivity contribution in [1.29, 1.82) is 0 Å². The highest BCUT2D eigenvalue weighted by Gasteiger charge is 2.06. The van der Waals surface area contributed by atoms with Crippen LogP contribution in [0.15, 0.2) is 30.8 Å². The minimum absolute atomic E-state index is 0.144. The molecule has 13 heavy (non-hydrogen) atoms. The van der Waals surface area contributed by atoms with E-state index in [9.17, 15) is 4.79 Å². The molecule has 0 atom stereocenters. The smallest absolute Gasteiger partial charge is 0.163 e. The normalized spacial score (nSPS) is 9.62. The summed E-state index contributed by atoms with van der Waals surface area (Å²) in [6, 6.07) is 7.49. The van der Waals surface area contributed by atoms with Crippen LogP contribution < -0.4 is 0 Å². The Morgan fingerprint density at radius 1 is 1.38 bits per heavy atom. The summed E-state index contributed by atoms with van der Waals surface area (Å²) in [7, 11) is 0. The fourth-order valence-corrected chi connectivity index (χ4v) is 1.22. The fraction of sp³-hybridized carbons (Fsp3) is 0.167. The van der Waals surface area contributed by atoms with Gasteiger partial charge in [-0.2, -0.15) is 0 Å². The molecule has 67 valence electrons. The molecule has 1 nitrogen and oxygen atoms in total. The highest BCUT2D eigenvalue weighted by Crippen LogP contribution is 2.12. The molecular formula is C12H13O. The first-order valence-electron chi connectivity index (χ1n) is 4.33. The van der Waals surface area contributed by atoms with Gasteiger partial charge in [-0.25, -0.2) is 0 Å². The first kappa shape index (κ1) is 9.72. The number of benzene rings is 1. The van der Waals surface area contributed by atoms with Crippen molar-refractivity contribution >= 4 is 11.9 Å². The molecule has 0 N–H and O–H groups in total. The molecule has 0 aliphatic rings. The van der Waals surface area contributed by atoms with Crippen LogP contribution in [-0.4, -0.2) is 5.78 Å². The number of hydrogen-bond acceptors (Lipinski definition) is 1. The van der Waals surface area contributed by atoms with Crippen molar-refractivity contribution in [3.8, 4) is 0 Å². The minimum atomic E-state index is 0.144. The van der Waals surface area contributed by atoms with Crippen LogP contribution in [0.5, 0.6) is 0 Å².